The minimum Gasteiger partial charge on any atom is -0.390 e. The zero-order chi connectivity index (χ0) is 16.1. The maximum atomic E-state index is 11.3. The van der Waals surface area contributed by atoms with Crippen LogP contribution in [-0.4, -0.2) is 21.4 Å². The Morgan fingerprint density at radius 1 is 0.542 bits per heavy atom. The maximum Gasteiger partial charge on any atom is 0.0683 e. The summed E-state index contributed by atoms with van der Waals surface area (Å²) in [6, 6.07) is 0. The highest BCUT2D eigenvalue weighted by molar-refractivity contribution is 5.09. The van der Waals surface area contributed by atoms with Crippen molar-refractivity contribution in [1.29, 1.82) is 0 Å². The molecule has 2 nitrogen and oxygen atoms in total. The molecule has 0 aromatic heterocycles. The van der Waals surface area contributed by atoms with Crippen LogP contribution >= 0.6 is 0 Å². The predicted molar refractivity (Wildman–Crippen MR) is 93.2 cm³/mol. The molecule has 0 aromatic rings. The molecule has 8 saturated carbocycles. The van der Waals surface area contributed by atoms with Crippen molar-refractivity contribution >= 4 is 0 Å². The van der Waals surface area contributed by atoms with Crippen molar-refractivity contribution in [2.75, 3.05) is 0 Å². The molecule has 2 heteroatoms. The van der Waals surface area contributed by atoms with Gasteiger partial charge in [0.15, 0.2) is 0 Å². The normalized spacial score (nSPS) is 63.2. The van der Waals surface area contributed by atoms with Crippen LogP contribution in [0.2, 0.25) is 0 Å². The molecule has 0 heterocycles. The fraction of sp³-hybridized carbons (Fsp3) is 1.00. The summed E-state index contributed by atoms with van der Waals surface area (Å²) in [5.41, 5.74) is -0.660. The molecule has 8 bridgehead atoms. The molecule has 6 atom stereocenters. The van der Waals surface area contributed by atoms with Crippen molar-refractivity contribution in [2.24, 2.45) is 47.3 Å². The average molecular weight is 331 g/mol. The molecule has 8 fully saturated rings. The highest BCUT2D eigenvalue weighted by Gasteiger charge is 2.58. The molecule has 0 spiro atoms. The standard InChI is InChI=1S/C22H34O2/c23-21-9-13-3-14(10-21)6-17(5-13)19(21)1-2-20-18-7-15-4-16(8-18)12-22(20,24)11-15/h13-20,23-24H,1-12H2. The van der Waals surface area contributed by atoms with Gasteiger partial charge in [-0.05, 0) is 124 Å². The van der Waals surface area contributed by atoms with Crippen molar-refractivity contribution < 1.29 is 10.2 Å². The number of rotatable bonds is 3. The van der Waals surface area contributed by atoms with Crippen molar-refractivity contribution in [2.45, 2.75) is 88.3 Å². The summed E-state index contributed by atoms with van der Waals surface area (Å²) in [5.74, 6) is 6.00. The van der Waals surface area contributed by atoms with E-state index >= 15 is 0 Å². The molecule has 6 unspecified atom stereocenters. The summed E-state index contributed by atoms with van der Waals surface area (Å²) < 4.78 is 0. The molecule has 134 valence electrons. The summed E-state index contributed by atoms with van der Waals surface area (Å²) >= 11 is 0. The van der Waals surface area contributed by atoms with E-state index in [1.807, 2.05) is 0 Å². The highest BCUT2D eigenvalue weighted by Crippen LogP contribution is 2.62. The third-order valence-electron chi connectivity index (χ3n) is 9.75. The summed E-state index contributed by atoms with van der Waals surface area (Å²) in [7, 11) is 0. The fourth-order valence-corrected chi connectivity index (χ4v) is 9.57. The van der Waals surface area contributed by atoms with Gasteiger partial charge in [0.1, 0.15) is 0 Å². The summed E-state index contributed by atoms with van der Waals surface area (Å²) in [4.78, 5) is 0. The summed E-state index contributed by atoms with van der Waals surface area (Å²) in [6.45, 7) is 0. The van der Waals surface area contributed by atoms with Crippen LogP contribution in [0, 0.1) is 47.3 Å². The van der Waals surface area contributed by atoms with E-state index in [9.17, 15) is 10.2 Å². The van der Waals surface area contributed by atoms with Crippen molar-refractivity contribution in [3.63, 3.8) is 0 Å². The van der Waals surface area contributed by atoms with Crippen molar-refractivity contribution in [3.05, 3.63) is 0 Å². The quantitative estimate of drug-likeness (QED) is 0.816. The van der Waals surface area contributed by atoms with Gasteiger partial charge in [0.25, 0.3) is 0 Å². The van der Waals surface area contributed by atoms with Crippen LogP contribution in [0.1, 0.15) is 77.0 Å². The van der Waals surface area contributed by atoms with E-state index in [1.54, 1.807) is 0 Å². The summed E-state index contributed by atoms with van der Waals surface area (Å²) in [6.07, 6.45) is 15.1. The molecular weight excluding hydrogens is 296 g/mol. The van der Waals surface area contributed by atoms with Crippen LogP contribution < -0.4 is 0 Å². The Kier molecular flexibility index (Phi) is 3.00. The topological polar surface area (TPSA) is 40.5 Å². The summed E-state index contributed by atoms with van der Waals surface area (Å²) in [5, 5.41) is 22.7. The van der Waals surface area contributed by atoms with Gasteiger partial charge in [-0.15, -0.1) is 0 Å². The highest BCUT2D eigenvalue weighted by atomic mass is 16.3. The second-order valence-electron chi connectivity index (χ2n) is 11.2. The largest absolute Gasteiger partial charge is 0.390 e. The molecule has 2 N–H and O–H groups in total. The molecule has 0 saturated heterocycles. The minimum absolute atomic E-state index is 0.330. The second-order valence-corrected chi connectivity index (χ2v) is 11.2. The Labute approximate surface area is 146 Å². The average Bonchev–Trinajstić information content (AvgIpc) is 2.46. The van der Waals surface area contributed by atoms with E-state index in [4.69, 9.17) is 0 Å². The van der Waals surface area contributed by atoms with Gasteiger partial charge in [0.2, 0.25) is 0 Å². The lowest BCUT2D eigenvalue weighted by Gasteiger charge is -2.61. The number of hydrogen-bond acceptors (Lipinski definition) is 2. The molecule has 0 aromatic carbocycles. The van der Waals surface area contributed by atoms with Crippen molar-refractivity contribution in [3.8, 4) is 0 Å². The zero-order valence-corrected chi connectivity index (χ0v) is 15.0. The molecule has 24 heavy (non-hydrogen) atoms. The van der Waals surface area contributed by atoms with E-state index in [1.165, 1.54) is 51.4 Å². The van der Waals surface area contributed by atoms with E-state index in [-0.39, 0.29) is 11.2 Å². The molecule has 0 amide bonds. The van der Waals surface area contributed by atoms with E-state index in [0.29, 0.717) is 11.8 Å². The van der Waals surface area contributed by atoms with Gasteiger partial charge in [-0.2, -0.15) is 0 Å². The lowest BCUT2D eigenvalue weighted by atomic mass is 9.47. The van der Waals surface area contributed by atoms with Gasteiger partial charge in [-0.3, -0.25) is 0 Å². The molecular formula is C22H34O2. The van der Waals surface area contributed by atoms with Crippen LogP contribution in [0.5, 0.6) is 0 Å². The Hall–Kier alpha value is -0.0800. The Morgan fingerprint density at radius 3 is 1.17 bits per heavy atom. The van der Waals surface area contributed by atoms with E-state index in [0.717, 1.165) is 61.2 Å². The minimum atomic E-state index is -0.330. The lowest BCUT2D eigenvalue weighted by Crippen LogP contribution is -2.59. The first-order chi connectivity index (χ1) is 11.5. The Balaban J connectivity index is 1.20. The first kappa shape index (κ1) is 15.0. The van der Waals surface area contributed by atoms with Crippen LogP contribution in [0.15, 0.2) is 0 Å². The molecule has 8 aliphatic rings. The molecule has 0 aliphatic heterocycles. The maximum absolute atomic E-state index is 11.3. The van der Waals surface area contributed by atoms with Crippen LogP contribution in [-0.2, 0) is 0 Å². The second kappa shape index (κ2) is 4.80. The predicted octanol–water partition coefficient (Wildman–Crippen LogP) is 4.14. The third-order valence-corrected chi connectivity index (χ3v) is 9.75. The first-order valence-electron chi connectivity index (χ1n) is 11.0. The third kappa shape index (κ3) is 2.02. The van der Waals surface area contributed by atoms with Gasteiger partial charge in [-0.25, -0.2) is 0 Å². The molecule has 0 radical (unpaired) electrons. The van der Waals surface area contributed by atoms with Crippen LogP contribution in [0.4, 0.5) is 0 Å². The zero-order valence-electron chi connectivity index (χ0n) is 15.0. The lowest BCUT2D eigenvalue weighted by molar-refractivity contribution is -0.191. The van der Waals surface area contributed by atoms with Gasteiger partial charge in [-0.1, -0.05) is 0 Å². The number of hydrogen-bond donors (Lipinski definition) is 2. The Morgan fingerprint density at radius 2 is 0.875 bits per heavy atom. The van der Waals surface area contributed by atoms with Gasteiger partial charge < -0.3 is 10.2 Å². The van der Waals surface area contributed by atoms with E-state index in [2.05, 4.69) is 0 Å². The van der Waals surface area contributed by atoms with Crippen LogP contribution in [0.3, 0.4) is 0 Å². The first-order valence-corrected chi connectivity index (χ1v) is 11.0. The SMILES string of the molecule is OC12CC3CC(CC(C3)C1CCC1C3CC4CC(C3)CC1(O)C4)C2. The van der Waals surface area contributed by atoms with Gasteiger partial charge in [0.05, 0.1) is 11.2 Å². The Bertz CT molecular complexity index is 466. The smallest absolute Gasteiger partial charge is 0.0683 e. The van der Waals surface area contributed by atoms with E-state index < -0.39 is 0 Å². The fourth-order valence-electron chi connectivity index (χ4n) is 9.57. The van der Waals surface area contributed by atoms with Gasteiger partial charge >= 0.3 is 0 Å². The molecule has 8 rings (SSSR count). The van der Waals surface area contributed by atoms with Crippen LogP contribution in [0.25, 0.3) is 0 Å². The van der Waals surface area contributed by atoms with Gasteiger partial charge in [0, 0.05) is 0 Å². The monoisotopic (exact) mass is 330 g/mol. The van der Waals surface area contributed by atoms with Crippen molar-refractivity contribution in [1.82, 2.24) is 0 Å². The molecule has 8 aliphatic carbocycles. The number of aliphatic hydroxyl groups is 2.